The van der Waals surface area contributed by atoms with Crippen LogP contribution in [0.1, 0.15) is 35.5 Å². The molecule has 0 radical (unpaired) electrons. The quantitative estimate of drug-likeness (QED) is 0.833. The Bertz CT molecular complexity index is 410. The molecule has 2 N–H and O–H groups in total. The van der Waals surface area contributed by atoms with Gasteiger partial charge in [0.25, 0.3) is 5.91 Å². The number of aliphatic hydroxyl groups is 1. The van der Waals surface area contributed by atoms with Crippen molar-refractivity contribution in [3.05, 3.63) is 5.01 Å². The van der Waals surface area contributed by atoms with Gasteiger partial charge in [0, 0.05) is 26.2 Å². The first-order valence-corrected chi connectivity index (χ1v) is 7.01. The largest absolute Gasteiger partial charge is 0.396 e. The lowest BCUT2D eigenvalue weighted by atomic mass is 10.1. The Morgan fingerprint density at radius 2 is 2.44 bits per heavy atom. The number of anilines is 1. The van der Waals surface area contributed by atoms with Crippen LogP contribution in [0, 0.1) is 0 Å². The summed E-state index contributed by atoms with van der Waals surface area (Å²) in [7, 11) is 1.76. The number of aromatic nitrogens is 2. The number of nitrogens with one attached hydrogen (secondary N) is 1. The number of carbonyl (C=O) groups excluding carboxylic acids is 1. The van der Waals surface area contributed by atoms with Gasteiger partial charge in [-0.1, -0.05) is 11.3 Å². The monoisotopic (exact) mass is 270 g/mol. The van der Waals surface area contributed by atoms with E-state index >= 15 is 0 Å². The molecule has 0 aromatic carbocycles. The fourth-order valence-corrected chi connectivity index (χ4v) is 2.92. The minimum atomic E-state index is -0.0329. The van der Waals surface area contributed by atoms with Crippen LogP contribution in [0.2, 0.25) is 0 Å². The Morgan fingerprint density at radius 1 is 1.61 bits per heavy atom. The zero-order chi connectivity index (χ0) is 13.0. The summed E-state index contributed by atoms with van der Waals surface area (Å²) >= 11 is 1.28. The number of hydrogen-bond acceptors (Lipinski definition) is 6. The van der Waals surface area contributed by atoms with Gasteiger partial charge in [-0.3, -0.25) is 4.79 Å². The average molecular weight is 270 g/mol. The fraction of sp³-hybridized carbons (Fsp3) is 0.727. The van der Waals surface area contributed by atoms with Gasteiger partial charge in [0.15, 0.2) is 0 Å². The molecule has 0 spiro atoms. The van der Waals surface area contributed by atoms with Crippen molar-refractivity contribution < 1.29 is 9.90 Å². The predicted octanol–water partition coefficient (Wildman–Crippen LogP) is 0.957. The van der Waals surface area contributed by atoms with Gasteiger partial charge in [0.1, 0.15) is 0 Å². The Morgan fingerprint density at radius 3 is 3.11 bits per heavy atom. The molecule has 1 atom stereocenters. The molecule has 1 aliphatic rings. The Kier molecular flexibility index (Phi) is 4.48. The molecule has 0 bridgehead atoms. The highest BCUT2D eigenvalue weighted by Gasteiger charge is 2.30. The van der Waals surface area contributed by atoms with E-state index in [1.807, 2.05) is 4.90 Å². The van der Waals surface area contributed by atoms with Crippen LogP contribution in [0.15, 0.2) is 0 Å². The van der Waals surface area contributed by atoms with Crippen LogP contribution in [-0.4, -0.2) is 52.4 Å². The molecule has 1 fully saturated rings. The lowest BCUT2D eigenvalue weighted by Crippen LogP contribution is -2.35. The third-order valence-corrected chi connectivity index (χ3v) is 4.08. The second-order valence-corrected chi connectivity index (χ2v) is 5.30. The van der Waals surface area contributed by atoms with Crippen molar-refractivity contribution in [3.63, 3.8) is 0 Å². The van der Waals surface area contributed by atoms with Crippen molar-refractivity contribution in [1.82, 2.24) is 15.1 Å². The van der Waals surface area contributed by atoms with Gasteiger partial charge in [-0.2, -0.15) is 0 Å². The number of nitrogens with zero attached hydrogens (tertiary/aromatic N) is 3. The molecular weight excluding hydrogens is 252 g/mol. The van der Waals surface area contributed by atoms with Crippen LogP contribution in [0.25, 0.3) is 0 Å². The summed E-state index contributed by atoms with van der Waals surface area (Å²) in [6, 6.07) is 0.242. The van der Waals surface area contributed by atoms with Gasteiger partial charge in [0.2, 0.25) is 10.1 Å². The molecule has 2 rings (SSSR count). The van der Waals surface area contributed by atoms with Crippen LogP contribution < -0.4 is 5.32 Å². The van der Waals surface area contributed by atoms with E-state index < -0.39 is 0 Å². The highest BCUT2D eigenvalue weighted by atomic mass is 32.1. The maximum absolute atomic E-state index is 12.3. The highest BCUT2D eigenvalue weighted by molar-refractivity contribution is 7.17. The van der Waals surface area contributed by atoms with Gasteiger partial charge in [-0.05, 0) is 25.7 Å². The summed E-state index contributed by atoms with van der Waals surface area (Å²) in [6.45, 7) is 0.963. The molecule has 6 nitrogen and oxygen atoms in total. The third kappa shape index (κ3) is 2.78. The SMILES string of the molecule is CNc1nnc(C(=O)N2CCCC2CCCO)s1. The van der Waals surface area contributed by atoms with Crippen molar-refractivity contribution in [2.75, 3.05) is 25.5 Å². The standard InChI is InChI=1S/C11H18N4O2S/c1-12-11-14-13-9(18-11)10(17)15-6-2-4-8(15)5-3-7-16/h8,16H,2-7H2,1H3,(H,12,14). The third-order valence-electron chi connectivity index (χ3n) is 3.16. The number of hydrogen-bond donors (Lipinski definition) is 2. The van der Waals surface area contributed by atoms with Crippen LogP contribution >= 0.6 is 11.3 Å². The summed E-state index contributed by atoms with van der Waals surface area (Å²) in [4.78, 5) is 14.2. The van der Waals surface area contributed by atoms with Gasteiger partial charge >= 0.3 is 0 Å². The number of likely N-dealkylation sites (tertiary alicyclic amines) is 1. The van der Waals surface area contributed by atoms with Crippen LogP contribution in [0.3, 0.4) is 0 Å². The second kappa shape index (κ2) is 6.10. The molecule has 1 saturated heterocycles. The minimum Gasteiger partial charge on any atom is -0.396 e. The van der Waals surface area contributed by atoms with E-state index in [-0.39, 0.29) is 18.6 Å². The maximum Gasteiger partial charge on any atom is 0.285 e. The minimum absolute atomic E-state index is 0.0329. The van der Waals surface area contributed by atoms with Crippen molar-refractivity contribution >= 4 is 22.4 Å². The molecule has 7 heteroatoms. The lowest BCUT2D eigenvalue weighted by molar-refractivity contribution is 0.0723. The molecule has 2 heterocycles. The Labute approximate surface area is 110 Å². The molecule has 1 aromatic rings. The molecule has 1 amide bonds. The van der Waals surface area contributed by atoms with Gasteiger partial charge in [-0.15, -0.1) is 10.2 Å². The summed E-state index contributed by atoms with van der Waals surface area (Å²) < 4.78 is 0. The number of carbonyl (C=O) groups is 1. The van der Waals surface area contributed by atoms with E-state index in [0.717, 1.165) is 32.2 Å². The van der Waals surface area contributed by atoms with E-state index in [1.54, 1.807) is 7.05 Å². The molecule has 0 saturated carbocycles. The topological polar surface area (TPSA) is 78.4 Å². The first-order chi connectivity index (χ1) is 8.76. The zero-order valence-corrected chi connectivity index (χ0v) is 11.2. The lowest BCUT2D eigenvalue weighted by Gasteiger charge is -2.23. The fourth-order valence-electron chi connectivity index (χ4n) is 2.26. The van der Waals surface area contributed by atoms with Crippen LogP contribution in [0.5, 0.6) is 0 Å². The summed E-state index contributed by atoms with van der Waals surface area (Å²) in [5, 5.41) is 20.6. The predicted molar refractivity (Wildman–Crippen MR) is 69.8 cm³/mol. The Hall–Kier alpha value is -1.21. The molecular formula is C11H18N4O2S. The highest BCUT2D eigenvalue weighted by Crippen LogP contribution is 2.25. The van der Waals surface area contributed by atoms with Crippen LogP contribution in [-0.2, 0) is 0 Å². The van der Waals surface area contributed by atoms with Gasteiger partial charge < -0.3 is 15.3 Å². The van der Waals surface area contributed by atoms with E-state index in [4.69, 9.17) is 5.11 Å². The van der Waals surface area contributed by atoms with Crippen molar-refractivity contribution in [3.8, 4) is 0 Å². The molecule has 1 aromatic heterocycles. The summed E-state index contributed by atoms with van der Waals surface area (Å²) in [5.74, 6) is -0.0329. The zero-order valence-electron chi connectivity index (χ0n) is 10.4. The van der Waals surface area contributed by atoms with Crippen molar-refractivity contribution in [2.24, 2.45) is 0 Å². The van der Waals surface area contributed by atoms with E-state index in [9.17, 15) is 4.79 Å². The van der Waals surface area contributed by atoms with E-state index in [2.05, 4.69) is 15.5 Å². The molecule has 1 aliphatic heterocycles. The first kappa shape index (κ1) is 13.2. The second-order valence-electron chi connectivity index (χ2n) is 4.32. The molecule has 100 valence electrons. The van der Waals surface area contributed by atoms with Crippen molar-refractivity contribution in [1.29, 1.82) is 0 Å². The van der Waals surface area contributed by atoms with Gasteiger partial charge in [0.05, 0.1) is 0 Å². The molecule has 18 heavy (non-hydrogen) atoms. The maximum atomic E-state index is 12.3. The van der Waals surface area contributed by atoms with E-state index in [1.165, 1.54) is 11.3 Å². The summed E-state index contributed by atoms with van der Waals surface area (Å²) in [5.41, 5.74) is 0. The number of aliphatic hydroxyl groups excluding tert-OH is 1. The molecule has 0 aliphatic carbocycles. The first-order valence-electron chi connectivity index (χ1n) is 6.19. The average Bonchev–Trinajstić information content (AvgIpc) is 3.04. The van der Waals surface area contributed by atoms with E-state index in [0.29, 0.717) is 10.1 Å². The summed E-state index contributed by atoms with van der Waals surface area (Å²) in [6.07, 6.45) is 3.65. The number of amides is 1. The smallest absolute Gasteiger partial charge is 0.285 e. The van der Waals surface area contributed by atoms with Crippen LogP contribution in [0.4, 0.5) is 5.13 Å². The van der Waals surface area contributed by atoms with Gasteiger partial charge in [-0.25, -0.2) is 0 Å². The van der Waals surface area contributed by atoms with Crippen molar-refractivity contribution in [2.45, 2.75) is 31.7 Å². The number of rotatable bonds is 5. The molecule has 1 unspecified atom stereocenters. The Balaban J connectivity index is 2.02. The normalized spacial score (nSPS) is 19.2.